The van der Waals surface area contributed by atoms with E-state index in [4.69, 9.17) is 16.3 Å². The number of nitrogens with zero attached hydrogens (tertiary/aromatic N) is 1. The number of nitrogens with one attached hydrogen (secondary N) is 1. The van der Waals surface area contributed by atoms with E-state index in [1.165, 1.54) is 11.8 Å². The highest BCUT2D eigenvalue weighted by atomic mass is 79.9. The lowest BCUT2D eigenvalue weighted by Crippen LogP contribution is -2.19. The van der Waals surface area contributed by atoms with Crippen LogP contribution in [0.1, 0.15) is 18.1 Å². The Balaban J connectivity index is 1.91. The first-order valence-electron chi connectivity index (χ1n) is 7.95. The number of halogens is 2. The van der Waals surface area contributed by atoms with Crippen LogP contribution in [0.25, 0.3) is 6.08 Å². The molecule has 1 aliphatic rings. The summed E-state index contributed by atoms with van der Waals surface area (Å²) in [5.41, 5.74) is 2.44. The van der Waals surface area contributed by atoms with Gasteiger partial charge in [0.25, 0.3) is 5.91 Å². The van der Waals surface area contributed by atoms with Crippen molar-refractivity contribution in [2.24, 2.45) is 4.99 Å². The average Bonchev–Trinajstić information content (AvgIpc) is 2.94. The quantitative estimate of drug-likeness (QED) is 0.607. The van der Waals surface area contributed by atoms with Gasteiger partial charge >= 0.3 is 0 Å². The molecule has 1 aliphatic heterocycles. The standard InChI is InChI=1S/C19H16BrClN2O2S/c1-3-25-16-8-7-13(20)9-12(16)10-17-18(24)23-19(26-17)22-15-6-4-5-14(21)11(15)2/h4-10H,3H2,1-2H3,(H,22,23,24)/b17-10+. The maximum Gasteiger partial charge on any atom is 0.264 e. The number of amidine groups is 1. The van der Waals surface area contributed by atoms with Crippen LogP contribution in [0.3, 0.4) is 0 Å². The lowest BCUT2D eigenvalue weighted by Gasteiger charge is -2.07. The molecule has 26 heavy (non-hydrogen) atoms. The number of amides is 1. The summed E-state index contributed by atoms with van der Waals surface area (Å²) in [5, 5.41) is 3.97. The fourth-order valence-corrected chi connectivity index (χ4v) is 3.74. The number of rotatable bonds is 4. The second-order valence-electron chi connectivity index (χ2n) is 5.48. The van der Waals surface area contributed by atoms with Gasteiger partial charge in [-0.2, -0.15) is 0 Å². The van der Waals surface area contributed by atoms with Gasteiger partial charge in [0.1, 0.15) is 5.75 Å². The van der Waals surface area contributed by atoms with E-state index in [-0.39, 0.29) is 5.91 Å². The van der Waals surface area contributed by atoms with Gasteiger partial charge in [-0.3, -0.25) is 4.79 Å². The predicted molar refractivity (Wildman–Crippen MR) is 112 cm³/mol. The lowest BCUT2D eigenvalue weighted by molar-refractivity contribution is -0.115. The molecule has 0 unspecified atom stereocenters. The van der Waals surface area contributed by atoms with E-state index in [0.717, 1.165) is 27.0 Å². The van der Waals surface area contributed by atoms with Crippen LogP contribution in [0.2, 0.25) is 5.02 Å². The molecule has 0 aromatic heterocycles. The van der Waals surface area contributed by atoms with Crippen LogP contribution in [-0.2, 0) is 4.79 Å². The summed E-state index contributed by atoms with van der Waals surface area (Å²) >= 11 is 10.9. The van der Waals surface area contributed by atoms with Crippen molar-refractivity contribution in [3.05, 3.63) is 61.9 Å². The number of carbonyl (C=O) groups is 1. The van der Waals surface area contributed by atoms with Crippen molar-refractivity contribution in [1.29, 1.82) is 0 Å². The minimum atomic E-state index is -0.184. The topological polar surface area (TPSA) is 50.7 Å². The van der Waals surface area contributed by atoms with E-state index >= 15 is 0 Å². The molecule has 3 rings (SSSR count). The predicted octanol–water partition coefficient (Wildman–Crippen LogP) is 5.70. The number of thioether (sulfide) groups is 1. The highest BCUT2D eigenvalue weighted by Crippen LogP contribution is 2.33. The van der Waals surface area contributed by atoms with Gasteiger partial charge in [-0.25, -0.2) is 4.99 Å². The zero-order valence-electron chi connectivity index (χ0n) is 14.2. The maximum absolute atomic E-state index is 12.3. The van der Waals surface area contributed by atoms with Gasteiger partial charge in [0.15, 0.2) is 5.17 Å². The molecule has 1 amide bonds. The molecule has 1 heterocycles. The number of aliphatic imine (C=N–C) groups is 1. The molecule has 2 aromatic carbocycles. The molecule has 2 aromatic rings. The second kappa shape index (κ2) is 8.29. The second-order valence-corrected chi connectivity index (χ2v) is 7.83. The maximum atomic E-state index is 12.3. The Morgan fingerprint density at radius 3 is 2.92 bits per heavy atom. The van der Waals surface area contributed by atoms with Crippen LogP contribution in [0.15, 0.2) is 50.8 Å². The molecule has 0 aliphatic carbocycles. The van der Waals surface area contributed by atoms with E-state index < -0.39 is 0 Å². The fourth-order valence-electron chi connectivity index (χ4n) is 2.37. The molecule has 0 radical (unpaired) electrons. The highest BCUT2D eigenvalue weighted by molar-refractivity contribution is 9.10. The fraction of sp³-hybridized carbons (Fsp3) is 0.158. The molecule has 0 spiro atoms. The summed E-state index contributed by atoms with van der Waals surface area (Å²) in [6.45, 7) is 4.38. The molecule has 0 atom stereocenters. The van der Waals surface area contributed by atoms with Crippen LogP contribution in [0, 0.1) is 6.92 Å². The minimum Gasteiger partial charge on any atom is -0.493 e. The molecule has 4 nitrogen and oxygen atoms in total. The van der Waals surface area contributed by atoms with Crippen molar-refractivity contribution in [1.82, 2.24) is 5.32 Å². The van der Waals surface area contributed by atoms with Crippen molar-refractivity contribution in [2.45, 2.75) is 13.8 Å². The lowest BCUT2D eigenvalue weighted by atomic mass is 10.2. The third kappa shape index (κ3) is 4.31. The molecule has 0 saturated carbocycles. The van der Waals surface area contributed by atoms with Crippen LogP contribution < -0.4 is 10.1 Å². The number of hydrogen-bond acceptors (Lipinski definition) is 4. The monoisotopic (exact) mass is 450 g/mol. The number of hydrogen-bond donors (Lipinski definition) is 1. The van der Waals surface area contributed by atoms with Crippen LogP contribution >= 0.6 is 39.3 Å². The molecule has 0 bridgehead atoms. The van der Waals surface area contributed by atoms with E-state index in [1.54, 1.807) is 0 Å². The average molecular weight is 452 g/mol. The van der Waals surface area contributed by atoms with Crippen molar-refractivity contribution >= 4 is 62.1 Å². The number of benzene rings is 2. The molecule has 7 heteroatoms. The Morgan fingerprint density at radius 2 is 2.15 bits per heavy atom. The first-order valence-corrected chi connectivity index (χ1v) is 9.93. The Bertz CT molecular complexity index is 928. The molecular weight excluding hydrogens is 436 g/mol. The summed E-state index contributed by atoms with van der Waals surface area (Å²) in [7, 11) is 0. The Labute approximate surface area is 169 Å². The Kier molecular flexibility index (Phi) is 6.06. The van der Waals surface area contributed by atoms with Gasteiger partial charge in [0.05, 0.1) is 17.2 Å². The first kappa shape index (κ1) is 19.0. The minimum absolute atomic E-state index is 0.184. The Hall–Kier alpha value is -1.76. The van der Waals surface area contributed by atoms with Crippen LogP contribution in [0.5, 0.6) is 5.75 Å². The highest BCUT2D eigenvalue weighted by Gasteiger charge is 2.24. The molecule has 1 saturated heterocycles. The van der Waals surface area contributed by atoms with Crippen LogP contribution in [0.4, 0.5) is 5.69 Å². The van der Waals surface area contributed by atoms with E-state index in [0.29, 0.717) is 21.7 Å². The van der Waals surface area contributed by atoms with Gasteiger partial charge in [-0.05, 0) is 67.6 Å². The van der Waals surface area contributed by atoms with Crippen molar-refractivity contribution < 1.29 is 9.53 Å². The zero-order valence-corrected chi connectivity index (χ0v) is 17.3. The number of carbonyl (C=O) groups excluding carboxylic acids is 1. The van der Waals surface area contributed by atoms with Gasteiger partial charge in [0, 0.05) is 15.1 Å². The van der Waals surface area contributed by atoms with Gasteiger partial charge in [0.2, 0.25) is 0 Å². The molecular formula is C19H16BrClN2O2S. The van der Waals surface area contributed by atoms with Gasteiger partial charge < -0.3 is 10.1 Å². The zero-order chi connectivity index (χ0) is 18.7. The van der Waals surface area contributed by atoms with Crippen molar-refractivity contribution in [3.63, 3.8) is 0 Å². The first-order chi connectivity index (χ1) is 12.5. The molecule has 134 valence electrons. The van der Waals surface area contributed by atoms with Crippen molar-refractivity contribution in [2.75, 3.05) is 6.61 Å². The summed E-state index contributed by atoms with van der Waals surface area (Å²) in [6.07, 6.45) is 1.81. The molecule has 1 N–H and O–H groups in total. The largest absolute Gasteiger partial charge is 0.493 e. The SMILES string of the molecule is CCOc1ccc(Br)cc1/C=C1/SC(=Nc2cccc(Cl)c2C)NC1=O. The number of ether oxygens (including phenoxy) is 1. The van der Waals surface area contributed by atoms with E-state index in [1.807, 2.05) is 56.3 Å². The Morgan fingerprint density at radius 1 is 1.35 bits per heavy atom. The summed E-state index contributed by atoms with van der Waals surface area (Å²) in [4.78, 5) is 17.4. The van der Waals surface area contributed by atoms with Gasteiger partial charge in [-0.15, -0.1) is 0 Å². The molecule has 1 fully saturated rings. The van der Waals surface area contributed by atoms with E-state index in [9.17, 15) is 4.79 Å². The van der Waals surface area contributed by atoms with Gasteiger partial charge in [-0.1, -0.05) is 33.6 Å². The summed E-state index contributed by atoms with van der Waals surface area (Å²) in [5.74, 6) is 0.545. The van der Waals surface area contributed by atoms with Crippen molar-refractivity contribution in [3.8, 4) is 5.75 Å². The normalized spacial score (nSPS) is 17.0. The summed E-state index contributed by atoms with van der Waals surface area (Å²) < 4.78 is 6.55. The van der Waals surface area contributed by atoms with E-state index in [2.05, 4.69) is 26.2 Å². The third-order valence-corrected chi connectivity index (χ3v) is 5.48. The summed E-state index contributed by atoms with van der Waals surface area (Å²) in [6, 6.07) is 11.2. The van der Waals surface area contributed by atoms with Crippen LogP contribution in [-0.4, -0.2) is 17.7 Å². The smallest absolute Gasteiger partial charge is 0.264 e. The third-order valence-electron chi connectivity index (χ3n) is 3.67.